The molecule has 0 bridgehead atoms. The van der Waals surface area contributed by atoms with Gasteiger partial charge in [0.2, 0.25) is 0 Å². The molecule has 0 spiro atoms. The molecule has 1 aliphatic heterocycles. The molecule has 2 rings (SSSR count). The molecule has 0 saturated carbocycles. The maximum absolute atomic E-state index is 11.8. The Morgan fingerprint density at radius 3 is 2.59 bits per heavy atom. The van der Waals surface area contributed by atoms with Crippen LogP contribution in [0.2, 0.25) is 0 Å². The molecular formula is C13H19NO2S. The Kier molecular flexibility index (Phi) is 3.27. The highest BCUT2D eigenvalue weighted by Gasteiger charge is 2.30. The molecule has 1 aromatic rings. The fourth-order valence-corrected chi connectivity index (χ4v) is 4.24. The largest absolute Gasteiger partial charge is 0.306 e. The Bertz CT molecular complexity index is 522. The van der Waals surface area contributed by atoms with Crippen molar-refractivity contribution in [2.24, 2.45) is 0 Å². The molecule has 94 valence electrons. The average Bonchev–Trinajstić information content (AvgIpc) is 2.18. The lowest BCUT2D eigenvalue weighted by Crippen LogP contribution is -2.45. The van der Waals surface area contributed by atoms with E-state index in [0.29, 0.717) is 0 Å². The van der Waals surface area contributed by atoms with Crippen LogP contribution in [0.1, 0.15) is 29.7 Å². The summed E-state index contributed by atoms with van der Waals surface area (Å²) in [5.74, 6) is 0.454. The summed E-state index contributed by atoms with van der Waals surface area (Å²) in [5, 5.41) is 3.38. The van der Waals surface area contributed by atoms with Gasteiger partial charge in [0.15, 0.2) is 9.84 Å². The molecule has 4 heteroatoms. The van der Waals surface area contributed by atoms with E-state index in [0.717, 1.165) is 11.1 Å². The van der Waals surface area contributed by atoms with Crippen LogP contribution in [0.3, 0.4) is 0 Å². The first-order chi connectivity index (χ1) is 7.87. The summed E-state index contributed by atoms with van der Waals surface area (Å²) in [4.78, 5) is 0. The minimum absolute atomic E-state index is 0.0265. The van der Waals surface area contributed by atoms with Gasteiger partial charge in [0, 0.05) is 12.1 Å². The van der Waals surface area contributed by atoms with Gasteiger partial charge in [0.05, 0.1) is 11.5 Å². The van der Waals surface area contributed by atoms with Crippen LogP contribution in [-0.4, -0.2) is 26.0 Å². The van der Waals surface area contributed by atoms with Crippen LogP contribution in [-0.2, 0) is 9.84 Å². The maximum Gasteiger partial charge on any atom is 0.153 e. The van der Waals surface area contributed by atoms with Crippen molar-refractivity contribution in [3.63, 3.8) is 0 Å². The second-order valence-electron chi connectivity index (χ2n) is 5.06. The van der Waals surface area contributed by atoms with Crippen LogP contribution in [0.25, 0.3) is 0 Å². The molecule has 1 heterocycles. The summed E-state index contributed by atoms with van der Waals surface area (Å²) < 4.78 is 23.6. The van der Waals surface area contributed by atoms with Crippen LogP contribution in [0.15, 0.2) is 18.2 Å². The van der Waals surface area contributed by atoms with Gasteiger partial charge in [0.25, 0.3) is 0 Å². The molecule has 3 nitrogen and oxygen atoms in total. The zero-order valence-electron chi connectivity index (χ0n) is 10.5. The van der Waals surface area contributed by atoms with Crippen molar-refractivity contribution in [2.45, 2.75) is 32.9 Å². The van der Waals surface area contributed by atoms with Crippen LogP contribution >= 0.6 is 0 Å². The quantitative estimate of drug-likeness (QED) is 0.829. The first kappa shape index (κ1) is 12.6. The fourth-order valence-electron chi connectivity index (χ4n) is 2.46. The van der Waals surface area contributed by atoms with Crippen LogP contribution in [0.5, 0.6) is 0 Å². The van der Waals surface area contributed by atoms with Crippen LogP contribution in [0, 0.1) is 13.8 Å². The molecule has 1 fully saturated rings. The molecule has 0 amide bonds. The minimum Gasteiger partial charge on any atom is -0.306 e. The Hall–Kier alpha value is -0.870. The lowest BCUT2D eigenvalue weighted by atomic mass is 9.99. The maximum atomic E-state index is 11.8. The van der Waals surface area contributed by atoms with Gasteiger partial charge >= 0.3 is 0 Å². The van der Waals surface area contributed by atoms with Crippen molar-refractivity contribution in [1.82, 2.24) is 5.32 Å². The first-order valence-corrected chi connectivity index (χ1v) is 7.73. The number of aryl methyl sites for hydroxylation is 2. The Morgan fingerprint density at radius 2 is 1.94 bits per heavy atom. The summed E-state index contributed by atoms with van der Waals surface area (Å²) in [6.07, 6.45) is 0. The predicted octanol–water partition coefficient (Wildman–Crippen LogP) is 1.75. The first-order valence-electron chi connectivity index (χ1n) is 5.91. The number of rotatable bonds is 1. The van der Waals surface area contributed by atoms with Gasteiger partial charge in [-0.3, -0.25) is 0 Å². The summed E-state index contributed by atoms with van der Waals surface area (Å²) in [5.41, 5.74) is 3.43. The third-order valence-corrected chi connectivity index (χ3v) is 5.07. The minimum atomic E-state index is -2.92. The molecule has 1 aromatic carbocycles. The summed E-state index contributed by atoms with van der Waals surface area (Å²) in [6, 6.07) is 6.15. The fraction of sp³-hybridized carbons (Fsp3) is 0.538. The number of nitrogens with one attached hydrogen (secondary N) is 1. The molecule has 2 atom stereocenters. The predicted molar refractivity (Wildman–Crippen MR) is 69.9 cm³/mol. The number of benzene rings is 1. The lowest BCUT2D eigenvalue weighted by Gasteiger charge is -2.30. The topological polar surface area (TPSA) is 46.2 Å². The molecule has 1 N–H and O–H groups in total. The summed E-state index contributed by atoms with van der Waals surface area (Å²) in [7, 11) is -2.92. The number of sulfone groups is 1. The molecular weight excluding hydrogens is 234 g/mol. The monoisotopic (exact) mass is 253 g/mol. The van der Waals surface area contributed by atoms with Crippen molar-refractivity contribution in [2.75, 3.05) is 11.5 Å². The molecule has 1 saturated heterocycles. The smallest absolute Gasteiger partial charge is 0.153 e. The standard InChI is InChI=1S/C13H19NO2S/c1-9-4-5-10(2)12(6-9)13-8-17(15,16)7-11(3)14-13/h4-6,11,13-14H,7-8H2,1-3H3. The van der Waals surface area contributed by atoms with Crippen molar-refractivity contribution in [1.29, 1.82) is 0 Å². The van der Waals surface area contributed by atoms with E-state index in [4.69, 9.17) is 0 Å². The number of hydrogen-bond acceptors (Lipinski definition) is 3. The number of hydrogen-bond donors (Lipinski definition) is 1. The molecule has 2 unspecified atom stereocenters. The van der Waals surface area contributed by atoms with Crippen molar-refractivity contribution in [3.05, 3.63) is 34.9 Å². The van der Waals surface area contributed by atoms with Gasteiger partial charge in [0.1, 0.15) is 0 Å². The van der Waals surface area contributed by atoms with E-state index in [2.05, 4.69) is 23.5 Å². The highest BCUT2D eigenvalue weighted by Crippen LogP contribution is 2.24. The Labute approximate surface area is 103 Å². The molecule has 0 aliphatic carbocycles. The highest BCUT2D eigenvalue weighted by atomic mass is 32.2. The van der Waals surface area contributed by atoms with Crippen molar-refractivity contribution < 1.29 is 8.42 Å². The van der Waals surface area contributed by atoms with Crippen molar-refractivity contribution >= 4 is 9.84 Å². The van der Waals surface area contributed by atoms with Gasteiger partial charge < -0.3 is 5.32 Å². The molecule has 17 heavy (non-hydrogen) atoms. The Balaban J connectivity index is 2.36. The summed E-state index contributed by atoms with van der Waals surface area (Å²) >= 11 is 0. The van der Waals surface area contributed by atoms with Gasteiger partial charge in [-0.25, -0.2) is 8.42 Å². The zero-order chi connectivity index (χ0) is 12.6. The van der Waals surface area contributed by atoms with Crippen LogP contribution < -0.4 is 5.32 Å². The average molecular weight is 253 g/mol. The SMILES string of the molecule is Cc1ccc(C)c(C2CS(=O)(=O)CC(C)N2)c1. The normalized spacial score (nSPS) is 27.9. The highest BCUT2D eigenvalue weighted by molar-refractivity contribution is 7.91. The van der Waals surface area contributed by atoms with E-state index in [1.165, 1.54) is 5.56 Å². The van der Waals surface area contributed by atoms with Gasteiger partial charge in [-0.15, -0.1) is 0 Å². The van der Waals surface area contributed by atoms with Crippen LogP contribution in [0.4, 0.5) is 0 Å². The molecule has 0 aromatic heterocycles. The van der Waals surface area contributed by atoms with E-state index >= 15 is 0 Å². The van der Waals surface area contributed by atoms with Gasteiger partial charge in [-0.05, 0) is 31.9 Å². The van der Waals surface area contributed by atoms with Gasteiger partial charge in [-0.2, -0.15) is 0 Å². The second-order valence-corrected chi connectivity index (χ2v) is 7.21. The third kappa shape index (κ3) is 2.87. The van der Waals surface area contributed by atoms with E-state index in [9.17, 15) is 8.42 Å². The Morgan fingerprint density at radius 1 is 1.24 bits per heavy atom. The van der Waals surface area contributed by atoms with E-state index in [1.54, 1.807) is 0 Å². The van der Waals surface area contributed by atoms with Crippen molar-refractivity contribution in [3.8, 4) is 0 Å². The van der Waals surface area contributed by atoms with E-state index < -0.39 is 9.84 Å². The molecule has 0 radical (unpaired) electrons. The zero-order valence-corrected chi connectivity index (χ0v) is 11.3. The van der Waals surface area contributed by atoms with Gasteiger partial charge in [-0.1, -0.05) is 23.8 Å². The third-order valence-electron chi connectivity index (χ3n) is 3.22. The van der Waals surface area contributed by atoms with E-state index in [1.807, 2.05) is 20.8 Å². The molecule has 1 aliphatic rings. The lowest BCUT2D eigenvalue weighted by molar-refractivity contribution is 0.467. The second kappa shape index (κ2) is 4.42. The van der Waals surface area contributed by atoms with E-state index in [-0.39, 0.29) is 23.6 Å². The summed E-state index contributed by atoms with van der Waals surface area (Å²) in [6.45, 7) is 5.99.